The third-order valence-electron chi connectivity index (χ3n) is 6.61. The minimum Gasteiger partial charge on any atom is -0.466 e. The number of hydrogen-bond donors (Lipinski definition) is 2. The number of aromatic nitrogens is 1. The van der Waals surface area contributed by atoms with Gasteiger partial charge in [0.2, 0.25) is 0 Å². The molecule has 1 aliphatic carbocycles. The first-order chi connectivity index (χ1) is 17.6. The molecule has 0 spiro atoms. The fraction of sp³-hybridized carbons (Fsp3) is 0.346. The molecule has 198 valence electrons. The Morgan fingerprint density at radius 1 is 1.22 bits per heavy atom. The number of halogens is 3. The molecule has 7 nitrogen and oxygen atoms in total. The summed E-state index contributed by atoms with van der Waals surface area (Å²) in [5, 5.41) is 1.08. The van der Waals surface area contributed by atoms with Gasteiger partial charge in [0, 0.05) is 48.9 Å². The highest BCUT2D eigenvalue weighted by atomic mass is 32.2. The van der Waals surface area contributed by atoms with Crippen molar-refractivity contribution in [1.29, 1.82) is 0 Å². The van der Waals surface area contributed by atoms with Gasteiger partial charge in [-0.1, -0.05) is 36.4 Å². The van der Waals surface area contributed by atoms with Gasteiger partial charge in [-0.3, -0.25) is 4.90 Å². The summed E-state index contributed by atoms with van der Waals surface area (Å²) in [5.41, 5.74) is -0.291. The highest BCUT2D eigenvalue weighted by molar-refractivity contribution is 7.90. The number of hydrogen-bond acceptors (Lipinski definition) is 5. The molecule has 37 heavy (non-hydrogen) atoms. The molecular weight excluding hydrogens is 507 g/mol. The van der Waals surface area contributed by atoms with Crippen LogP contribution in [0.4, 0.5) is 13.2 Å². The Hall–Kier alpha value is -3.15. The van der Waals surface area contributed by atoms with Crippen LogP contribution in [0.1, 0.15) is 34.7 Å². The van der Waals surface area contributed by atoms with Crippen molar-refractivity contribution in [2.75, 3.05) is 26.7 Å². The zero-order chi connectivity index (χ0) is 26.6. The summed E-state index contributed by atoms with van der Waals surface area (Å²) in [7, 11) is -4.11. The standard InChI is InChI=1S/C26H28F3N3O4S/c1-36-25(33)11-7-18-6-9-22-19(16-18)8-10-24(22)32(15-13-31-37(34,35)26(27,28)29)14-12-20-17-30-23-5-3-2-4-21(20)23/h2-7,9,11,16-17,24,30-31H,8,10,12-15H2,1H3/b11-7+. The van der Waals surface area contributed by atoms with Crippen LogP contribution in [0.5, 0.6) is 0 Å². The molecule has 0 aliphatic heterocycles. The lowest BCUT2D eigenvalue weighted by atomic mass is 10.0. The lowest BCUT2D eigenvalue weighted by molar-refractivity contribution is -0.134. The second-order valence-electron chi connectivity index (χ2n) is 8.86. The fourth-order valence-corrected chi connectivity index (χ4v) is 5.29. The number of methoxy groups -OCH3 is 1. The van der Waals surface area contributed by atoms with Crippen LogP contribution in [-0.2, 0) is 32.4 Å². The Labute approximate surface area is 213 Å². The van der Waals surface area contributed by atoms with Gasteiger partial charge in [0.15, 0.2) is 0 Å². The quantitative estimate of drug-likeness (QED) is 0.298. The van der Waals surface area contributed by atoms with E-state index in [-0.39, 0.29) is 19.1 Å². The lowest BCUT2D eigenvalue weighted by Crippen LogP contribution is -2.42. The van der Waals surface area contributed by atoms with Crippen molar-refractivity contribution >= 4 is 33.0 Å². The van der Waals surface area contributed by atoms with Crippen molar-refractivity contribution in [2.45, 2.75) is 30.8 Å². The van der Waals surface area contributed by atoms with Gasteiger partial charge in [-0.05, 0) is 53.7 Å². The van der Waals surface area contributed by atoms with Crippen molar-refractivity contribution in [1.82, 2.24) is 14.6 Å². The molecule has 0 amide bonds. The third kappa shape index (κ3) is 6.23. The van der Waals surface area contributed by atoms with E-state index in [1.807, 2.05) is 53.6 Å². The van der Waals surface area contributed by atoms with Crippen LogP contribution in [-0.4, -0.2) is 56.5 Å². The van der Waals surface area contributed by atoms with Gasteiger partial charge in [-0.2, -0.15) is 13.2 Å². The number of ether oxygens (including phenoxy) is 1. The number of nitrogens with one attached hydrogen (secondary N) is 2. The number of rotatable bonds is 10. The molecule has 3 aromatic rings. The Balaban J connectivity index is 1.53. The number of esters is 1. The van der Waals surface area contributed by atoms with Crippen LogP contribution < -0.4 is 4.72 Å². The molecule has 1 heterocycles. The molecule has 0 saturated carbocycles. The summed E-state index contributed by atoms with van der Waals surface area (Å²) in [4.78, 5) is 16.7. The number of carbonyl (C=O) groups excluding carboxylic acids is 1. The molecule has 11 heteroatoms. The van der Waals surface area contributed by atoms with Crippen LogP contribution in [0.25, 0.3) is 17.0 Å². The van der Waals surface area contributed by atoms with E-state index in [4.69, 9.17) is 0 Å². The maximum atomic E-state index is 12.8. The van der Waals surface area contributed by atoms with Crippen LogP contribution in [0.2, 0.25) is 0 Å². The maximum absolute atomic E-state index is 12.8. The first kappa shape index (κ1) is 26.9. The first-order valence-corrected chi connectivity index (χ1v) is 13.3. The van der Waals surface area contributed by atoms with E-state index < -0.39 is 21.5 Å². The summed E-state index contributed by atoms with van der Waals surface area (Å²) in [5.74, 6) is -0.455. The number of carbonyl (C=O) groups is 1. The van der Waals surface area contributed by atoms with E-state index in [9.17, 15) is 26.4 Å². The van der Waals surface area contributed by atoms with Gasteiger partial charge in [-0.25, -0.2) is 17.9 Å². The highest BCUT2D eigenvalue weighted by Gasteiger charge is 2.45. The first-order valence-electron chi connectivity index (χ1n) is 11.8. The van der Waals surface area contributed by atoms with E-state index in [0.29, 0.717) is 13.0 Å². The number of sulfonamides is 1. The van der Waals surface area contributed by atoms with Gasteiger partial charge in [0.1, 0.15) is 0 Å². The van der Waals surface area contributed by atoms with Gasteiger partial charge in [0.05, 0.1) is 7.11 Å². The normalized spacial score (nSPS) is 16.1. The van der Waals surface area contributed by atoms with Crippen molar-refractivity contribution in [3.05, 3.63) is 77.0 Å². The molecule has 1 atom stereocenters. The second-order valence-corrected chi connectivity index (χ2v) is 10.6. The summed E-state index contributed by atoms with van der Waals surface area (Å²) in [6.07, 6.45) is 7.09. The zero-order valence-electron chi connectivity index (χ0n) is 20.2. The summed E-state index contributed by atoms with van der Waals surface area (Å²) in [6, 6.07) is 13.6. The SMILES string of the molecule is COC(=O)/C=C/c1ccc2c(c1)CCC2N(CCNS(=O)(=O)C(F)(F)F)CCc1c[nH]c2ccccc12. The molecule has 4 rings (SSSR count). The minimum atomic E-state index is -5.41. The molecule has 0 radical (unpaired) electrons. The monoisotopic (exact) mass is 535 g/mol. The number of alkyl halides is 3. The van der Waals surface area contributed by atoms with Gasteiger partial charge in [0.25, 0.3) is 0 Å². The Bertz CT molecular complexity index is 1400. The molecule has 2 aromatic carbocycles. The van der Waals surface area contributed by atoms with Crippen LogP contribution >= 0.6 is 0 Å². The topological polar surface area (TPSA) is 91.5 Å². The van der Waals surface area contributed by atoms with E-state index in [2.05, 4.69) is 9.72 Å². The predicted molar refractivity (Wildman–Crippen MR) is 135 cm³/mol. The molecule has 1 unspecified atom stereocenters. The van der Waals surface area contributed by atoms with E-state index in [1.54, 1.807) is 10.8 Å². The van der Waals surface area contributed by atoms with Crippen LogP contribution in [0.15, 0.2) is 54.7 Å². The Kier molecular flexibility index (Phi) is 8.05. The number of benzene rings is 2. The van der Waals surface area contributed by atoms with Crippen molar-refractivity contribution in [3.63, 3.8) is 0 Å². The number of aryl methyl sites for hydroxylation is 1. The number of aromatic amines is 1. The van der Waals surface area contributed by atoms with Gasteiger partial charge >= 0.3 is 21.5 Å². The molecule has 1 aliphatic rings. The molecular formula is C26H28F3N3O4S. The predicted octanol–water partition coefficient (Wildman–Crippen LogP) is 4.33. The van der Waals surface area contributed by atoms with E-state index in [1.165, 1.54) is 13.2 Å². The van der Waals surface area contributed by atoms with Crippen molar-refractivity contribution in [2.24, 2.45) is 0 Å². The van der Waals surface area contributed by atoms with Gasteiger partial charge in [-0.15, -0.1) is 0 Å². The smallest absolute Gasteiger partial charge is 0.466 e. The molecule has 0 saturated heterocycles. The van der Waals surface area contributed by atoms with Crippen molar-refractivity contribution in [3.8, 4) is 0 Å². The Morgan fingerprint density at radius 2 is 2.00 bits per heavy atom. The number of H-pyrrole nitrogens is 1. The van der Waals surface area contributed by atoms with Crippen molar-refractivity contribution < 1.29 is 31.1 Å². The maximum Gasteiger partial charge on any atom is 0.511 e. The average molecular weight is 536 g/mol. The van der Waals surface area contributed by atoms with Crippen LogP contribution in [0.3, 0.4) is 0 Å². The highest BCUT2D eigenvalue weighted by Crippen LogP contribution is 2.36. The molecule has 0 fully saturated rings. The largest absolute Gasteiger partial charge is 0.511 e. The van der Waals surface area contributed by atoms with E-state index in [0.717, 1.165) is 46.0 Å². The average Bonchev–Trinajstić information content (AvgIpc) is 3.47. The number of nitrogens with zero attached hydrogens (tertiary/aromatic N) is 1. The molecule has 0 bridgehead atoms. The van der Waals surface area contributed by atoms with E-state index >= 15 is 0 Å². The Morgan fingerprint density at radius 3 is 2.76 bits per heavy atom. The lowest BCUT2D eigenvalue weighted by Gasteiger charge is -2.30. The fourth-order valence-electron chi connectivity index (χ4n) is 4.76. The summed E-state index contributed by atoms with van der Waals surface area (Å²) >= 11 is 0. The van der Waals surface area contributed by atoms with Gasteiger partial charge < -0.3 is 9.72 Å². The second kappa shape index (κ2) is 11.1. The molecule has 2 N–H and O–H groups in total. The zero-order valence-corrected chi connectivity index (χ0v) is 21.0. The summed E-state index contributed by atoms with van der Waals surface area (Å²) in [6.45, 7) is 0.289. The van der Waals surface area contributed by atoms with Crippen LogP contribution in [0, 0.1) is 0 Å². The summed E-state index contributed by atoms with van der Waals surface area (Å²) < 4.78 is 67.8. The third-order valence-corrected chi connectivity index (χ3v) is 7.80. The molecule has 1 aromatic heterocycles. The number of para-hydroxylation sites is 1. The number of fused-ring (bicyclic) bond motifs is 2. The minimum absolute atomic E-state index is 0.0748.